The van der Waals surface area contributed by atoms with Crippen molar-refractivity contribution in [1.82, 2.24) is 0 Å². The predicted molar refractivity (Wildman–Crippen MR) is 118 cm³/mol. The number of thioether (sulfide) groups is 1. The second-order valence-electron chi connectivity index (χ2n) is 6.25. The fourth-order valence-corrected chi connectivity index (χ4v) is 3.73. The zero-order chi connectivity index (χ0) is 18.2. The van der Waals surface area contributed by atoms with Crippen LogP contribution < -0.4 is 0 Å². The molecule has 0 atom stereocenters. The van der Waals surface area contributed by atoms with Crippen molar-refractivity contribution in [2.45, 2.75) is 40.0 Å². The summed E-state index contributed by atoms with van der Waals surface area (Å²) in [5.41, 5.74) is 6.54. The van der Waals surface area contributed by atoms with Crippen molar-refractivity contribution in [3.63, 3.8) is 0 Å². The first-order chi connectivity index (χ1) is 12.0. The molecular weight excluding hydrogens is 340 g/mol. The summed E-state index contributed by atoms with van der Waals surface area (Å²) in [5.74, 6) is 0. The van der Waals surface area contributed by atoms with E-state index in [1.807, 2.05) is 13.8 Å². The molecule has 0 aliphatic heterocycles. The van der Waals surface area contributed by atoms with E-state index in [4.69, 9.17) is 12.2 Å². The van der Waals surface area contributed by atoms with E-state index >= 15 is 0 Å². The van der Waals surface area contributed by atoms with E-state index in [0.717, 1.165) is 33.9 Å². The number of hydrogen-bond donors (Lipinski definition) is 0. The second-order valence-corrected chi connectivity index (χ2v) is 8.38. The van der Waals surface area contributed by atoms with Gasteiger partial charge in [-0.2, -0.15) is 0 Å². The average Bonchev–Trinajstić information content (AvgIpc) is 2.60. The normalized spacial score (nSPS) is 11.4. The van der Waals surface area contributed by atoms with E-state index in [0.29, 0.717) is 0 Å². The number of thiocarbonyl (C=S) groups is 1. The Morgan fingerprint density at radius 3 is 2.36 bits per heavy atom. The topological polar surface area (TPSA) is 0 Å². The summed E-state index contributed by atoms with van der Waals surface area (Å²) in [6.07, 6.45) is 5.41. The van der Waals surface area contributed by atoms with Gasteiger partial charge in [-0.05, 0) is 67.0 Å². The van der Waals surface area contributed by atoms with Crippen LogP contribution in [0.4, 0.5) is 0 Å². The van der Waals surface area contributed by atoms with Crippen molar-refractivity contribution < 1.29 is 0 Å². The lowest BCUT2D eigenvalue weighted by Gasteiger charge is -2.11. The summed E-state index contributed by atoms with van der Waals surface area (Å²) < 4.78 is 0.921. The van der Waals surface area contributed by atoms with Gasteiger partial charge in [0.1, 0.15) is 0 Å². The van der Waals surface area contributed by atoms with Gasteiger partial charge in [-0.3, -0.25) is 0 Å². The van der Waals surface area contributed by atoms with Crippen LogP contribution in [0.25, 0.3) is 6.08 Å². The fourth-order valence-electron chi connectivity index (χ4n) is 2.78. The van der Waals surface area contributed by atoms with Crippen molar-refractivity contribution in [3.05, 3.63) is 87.8 Å². The highest BCUT2D eigenvalue weighted by Crippen LogP contribution is 2.27. The molecule has 130 valence electrons. The first-order valence-corrected chi connectivity index (χ1v) is 9.93. The fraction of sp³-hybridized carbons (Fsp3) is 0.261. The summed E-state index contributed by atoms with van der Waals surface area (Å²) in [4.78, 5) is 1.14. The number of allylic oxidation sites excluding steroid dienone is 1. The lowest BCUT2D eigenvalue weighted by molar-refractivity contribution is 0.930. The van der Waals surface area contributed by atoms with Crippen molar-refractivity contribution in [1.29, 1.82) is 0 Å². The molecule has 0 aliphatic rings. The number of hydrogen-bond acceptors (Lipinski definition) is 2. The Balaban J connectivity index is 2.20. The Kier molecular flexibility index (Phi) is 7.67. The van der Waals surface area contributed by atoms with Gasteiger partial charge in [-0.25, -0.2) is 0 Å². The van der Waals surface area contributed by atoms with Crippen molar-refractivity contribution in [3.8, 4) is 0 Å². The molecule has 2 heteroatoms. The van der Waals surface area contributed by atoms with Crippen LogP contribution in [-0.2, 0) is 19.3 Å². The Bertz CT molecular complexity index is 770. The molecule has 0 fully saturated rings. The largest absolute Gasteiger partial charge is 0.0950 e. The number of aryl methyl sites for hydroxylation is 3. The molecule has 0 N–H and O–H groups in total. The van der Waals surface area contributed by atoms with Crippen LogP contribution in [0.15, 0.2) is 65.6 Å². The third-order valence-corrected chi connectivity index (χ3v) is 5.33. The highest BCUT2D eigenvalue weighted by atomic mass is 32.2. The molecule has 0 amide bonds. The summed E-state index contributed by atoms with van der Waals surface area (Å²) in [5, 5.41) is 0. The molecule has 0 nitrogen and oxygen atoms in total. The third kappa shape index (κ3) is 6.30. The van der Waals surface area contributed by atoms with Crippen LogP contribution in [0.5, 0.6) is 0 Å². The zero-order valence-electron chi connectivity index (χ0n) is 15.3. The molecular formula is C23H26S2. The van der Waals surface area contributed by atoms with E-state index in [-0.39, 0.29) is 0 Å². The van der Waals surface area contributed by atoms with Gasteiger partial charge in [0.15, 0.2) is 0 Å². The maximum atomic E-state index is 5.24. The molecule has 0 spiro atoms. The highest BCUT2D eigenvalue weighted by Gasteiger charge is 2.05. The molecule has 2 aromatic carbocycles. The third-order valence-electron chi connectivity index (χ3n) is 4.11. The summed E-state index contributed by atoms with van der Waals surface area (Å²) in [7, 11) is 0. The first kappa shape index (κ1) is 19.7. The SMILES string of the molecule is C=C(C)/C(=C/c1ccc(CCc2ccccc2)c(CC)c1)SC(C)=S. The van der Waals surface area contributed by atoms with E-state index in [9.17, 15) is 0 Å². The van der Waals surface area contributed by atoms with Crippen LogP contribution in [0.1, 0.15) is 43.0 Å². The quantitative estimate of drug-likeness (QED) is 0.381. The molecule has 0 aliphatic carbocycles. The summed E-state index contributed by atoms with van der Waals surface area (Å²) in [6.45, 7) is 10.3. The van der Waals surface area contributed by atoms with Crippen molar-refractivity contribution in [2.24, 2.45) is 0 Å². The lowest BCUT2D eigenvalue weighted by Crippen LogP contribution is -1.97. The molecule has 0 aromatic heterocycles. The standard InChI is InChI=1S/C23H26S2/c1-5-21-15-20(16-23(17(2)3)25-18(4)24)12-14-22(21)13-11-19-9-7-6-8-10-19/h6-10,12,14-16H,2,5,11,13H2,1,3-4H3/b23-16-. The van der Waals surface area contributed by atoms with E-state index in [1.54, 1.807) is 11.8 Å². The second kappa shape index (κ2) is 9.74. The molecule has 0 heterocycles. The summed E-state index contributed by atoms with van der Waals surface area (Å²) in [6, 6.07) is 17.5. The Labute approximate surface area is 162 Å². The zero-order valence-corrected chi connectivity index (χ0v) is 17.0. The van der Waals surface area contributed by atoms with Crippen LogP contribution in [0, 0.1) is 0 Å². The van der Waals surface area contributed by atoms with Gasteiger partial charge in [0, 0.05) is 9.10 Å². The van der Waals surface area contributed by atoms with Crippen molar-refractivity contribution >= 4 is 34.3 Å². The van der Waals surface area contributed by atoms with Gasteiger partial charge in [0.25, 0.3) is 0 Å². The van der Waals surface area contributed by atoms with Gasteiger partial charge in [-0.15, -0.1) is 0 Å². The molecule has 0 saturated heterocycles. The molecule has 25 heavy (non-hydrogen) atoms. The van der Waals surface area contributed by atoms with Crippen molar-refractivity contribution in [2.75, 3.05) is 0 Å². The smallest absolute Gasteiger partial charge is 0.0496 e. The maximum Gasteiger partial charge on any atom is 0.0496 e. The molecule has 0 unspecified atom stereocenters. The van der Waals surface area contributed by atoms with E-state index < -0.39 is 0 Å². The highest BCUT2D eigenvalue weighted by molar-refractivity contribution is 8.25. The molecule has 0 saturated carbocycles. The monoisotopic (exact) mass is 366 g/mol. The minimum Gasteiger partial charge on any atom is -0.0950 e. The average molecular weight is 367 g/mol. The maximum absolute atomic E-state index is 5.24. The number of rotatable bonds is 7. The van der Waals surface area contributed by atoms with Crippen LogP contribution in [-0.4, -0.2) is 4.20 Å². The minimum absolute atomic E-state index is 0.921. The van der Waals surface area contributed by atoms with Gasteiger partial charge in [0.05, 0.1) is 0 Å². The van der Waals surface area contributed by atoms with E-state index in [2.05, 4.69) is 68.1 Å². The van der Waals surface area contributed by atoms with Gasteiger partial charge < -0.3 is 0 Å². The Morgan fingerprint density at radius 2 is 1.76 bits per heavy atom. The molecule has 2 rings (SSSR count). The number of benzene rings is 2. The van der Waals surface area contributed by atoms with Crippen LogP contribution >= 0.6 is 24.0 Å². The predicted octanol–water partition coefficient (Wildman–Crippen LogP) is 7.03. The molecule has 0 bridgehead atoms. The van der Waals surface area contributed by atoms with E-state index in [1.165, 1.54) is 22.3 Å². The summed E-state index contributed by atoms with van der Waals surface area (Å²) >= 11 is 6.86. The lowest BCUT2D eigenvalue weighted by atomic mass is 9.96. The molecule has 2 aromatic rings. The Morgan fingerprint density at radius 1 is 1.04 bits per heavy atom. The first-order valence-electron chi connectivity index (χ1n) is 8.71. The van der Waals surface area contributed by atoms with Gasteiger partial charge >= 0.3 is 0 Å². The van der Waals surface area contributed by atoms with Crippen LogP contribution in [0.3, 0.4) is 0 Å². The van der Waals surface area contributed by atoms with Gasteiger partial charge in [0.2, 0.25) is 0 Å². The van der Waals surface area contributed by atoms with Crippen LogP contribution in [0.2, 0.25) is 0 Å². The minimum atomic E-state index is 0.921. The molecule has 0 radical (unpaired) electrons. The van der Waals surface area contributed by atoms with Gasteiger partial charge in [-0.1, -0.05) is 86.0 Å². The Hall–Kier alpha value is -1.64.